The fraction of sp³-hybridized carbons (Fsp3) is 0.467. The van der Waals surface area contributed by atoms with E-state index in [0.29, 0.717) is 12.5 Å². The molecule has 0 fully saturated rings. The molecule has 1 aliphatic rings. The Morgan fingerprint density at radius 1 is 1.30 bits per heavy atom. The first kappa shape index (κ1) is 15.8. The highest BCUT2D eigenvalue weighted by Gasteiger charge is 2.34. The molecule has 0 saturated carbocycles. The molecule has 0 aliphatic heterocycles. The lowest BCUT2D eigenvalue weighted by Gasteiger charge is -2.38. The molecule has 1 aromatic carbocycles. The molecule has 0 bridgehead atoms. The first-order valence-electron chi connectivity index (χ1n) is 6.76. The third kappa shape index (κ3) is 2.88. The molecule has 0 amide bonds. The predicted octanol–water partition coefficient (Wildman–Crippen LogP) is 2.68. The van der Waals surface area contributed by atoms with Gasteiger partial charge in [0.05, 0.1) is 10.6 Å². The second-order valence-corrected chi connectivity index (χ2v) is 7.81. The summed E-state index contributed by atoms with van der Waals surface area (Å²) in [5, 5.41) is 0.712. The summed E-state index contributed by atoms with van der Waals surface area (Å²) in [5.74, 6) is 0. The van der Waals surface area contributed by atoms with Crippen LogP contribution in [0.25, 0.3) is 5.70 Å². The van der Waals surface area contributed by atoms with Crippen molar-refractivity contribution in [2.75, 3.05) is 0 Å². The Bertz CT molecular complexity index is 564. The third-order valence-electron chi connectivity index (χ3n) is 4.24. The Morgan fingerprint density at radius 3 is 2.55 bits per heavy atom. The van der Waals surface area contributed by atoms with Crippen molar-refractivity contribution in [1.82, 2.24) is 0 Å². The van der Waals surface area contributed by atoms with E-state index < -0.39 is 0 Å². The summed E-state index contributed by atoms with van der Waals surface area (Å²) in [6, 6.07) is 3.92. The highest BCUT2D eigenvalue weighted by atomic mass is 35.5. The van der Waals surface area contributed by atoms with Gasteiger partial charge in [-0.25, -0.2) is 0 Å². The molecule has 2 nitrogen and oxygen atoms in total. The van der Waals surface area contributed by atoms with Crippen molar-refractivity contribution in [3.63, 3.8) is 0 Å². The average Bonchev–Trinajstić information content (AvgIpc) is 2.70. The van der Waals surface area contributed by atoms with Gasteiger partial charge in [-0.1, -0.05) is 23.7 Å². The Hall–Kier alpha value is -0.575. The second kappa shape index (κ2) is 5.32. The summed E-state index contributed by atoms with van der Waals surface area (Å²) in [5.41, 5.74) is 9.72. The van der Waals surface area contributed by atoms with Gasteiger partial charge >= 0.3 is 7.48 Å². The Kier molecular flexibility index (Phi) is 4.21. The number of halogens is 1. The smallest absolute Gasteiger partial charge is 0.309 e. The van der Waals surface area contributed by atoms with Crippen LogP contribution in [0.2, 0.25) is 5.02 Å². The van der Waals surface area contributed by atoms with Gasteiger partial charge in [-0.05, 0) is 51.2 Å². The molecule has 0 atom stereocenters. The van der Waals surface area contributed by atoms with Crippen LogP contribution in [0.4, 0.5) is 0 Å². The van der Waals surface area contributed by atoms with Crippen molar-refractivity contribution in [3.05, 3.63) is 34.4 Å². The third-order valence-corrected chi connectivity index (χ3v) is 5.09. The van der Waals surface area contributed by atoms with Crippen LogP contribution in [-0.4, -0.2) is 17.8 Å². The number of fused-ring (bicyclic) bond motifs is 1. The van der Waals surface area contributed by atoms with Crippen LogP contribution in [0.3, 0.4) is 0 Å². The molecule has 108 valence electrons. The van der Waals surface area contributed by atoms with E-state index in [0.717, 1.165) is 23.1 Å². The van der Waals surface area contributed by atoms with E-state index in [2.05, 4.69) is 40.3 Å². The minimum Gasteiger partial charge on any atom is -0.428 e. The van der Waals surface area contributed by atoms with Crippen molar-refractivity contribution in [1.29, 1.82) is 0 Å². The number of nitrogens with two attached hydrogens (primary N) is 1. The highest BCUT2D eigenvalue weighted by Crippen LogP contribution is 2.32. The van der Waals surface area contributed by atoms with Crippen LogP contribution < -0.4 is 11.2 Å². The lowest BCUT2D eigenvalue weighted by atomic mass is 9.80. The van der Waals surface area contributed by atoms with Crippen LogP contribution >= 0.6 is 24.2 Å². The minimum absolute atomic E-state index is 0.222. The number of benzene rings is 1. The highest BCUT2D eigenvalue weighted by molar-refractivity contribution is 7.81. The topological polar surface area (TPSA) is 35.2 Å². The maximum atomic E-state index is 6.23. The fourth-order valence-corrected chi connectivity index (χ4v) is 2.44. The summed E-state index contributed by atoms with van der Waals surface area (Å²) < 4.78 is 5.87. The minimum atomic E-state index is -0.333. The van der Waals surface area contributed by atoms with Gasteiger partial charge in [0.2, 0.25) is 0 Å². The van der Waals surface area contributed by atoms with Gasteiger partial charge in [0, 0.05) is 16.0 Å². The Labute approximate surface area is 132 Å². The summed E-state index contributed by atoms with van der Waals surface area (Å²) >= 11 is 10.8. The first-order valence-corrected chi connectivity index (χ1v) is 7.58. The zero-order valence-corrected chi connectivity index (χ0v) is 14.1. The molecule has 0 saturated heterocycles. The van der Waals surface area contributed by atoms with Crippen LogP contribution in [0, 0.1) is 0 Å². The number of hydrogen-bond donors (Lipinski definition) is 2. The molecule has 0 spiro atoms. The zero-order chi connectivity index (χ0) is 15.1. The van der Waals surface area contributed by atoms with Gasteiger partial charge in [-0.15, -0.1) is 0 Å². The summed E-state index contributed by atoms with van der Waals surface area (Å²) in [6.45, 7) is 8.23. The van der Waals surface area contributed by atoms with Crippen molar-refractivity contribution in [2.24, 2.45) is 5.73 Å². The number of hydrogen-bond acceptors (Lipinski definition) is 3. The van der Waals surface area contributed by atoms with E-state index in [-0.39, 0.29) is 10.3 Å². The molecule has 2 N–H and O–H groups in total. The van der Waals surface area contributed by atoms with Gasteiger partial charge in [0.15, 0.2) is 0 Å². The fourth-order valence-electron chi connectivity index (χ4n) is 2.09. The van der Waals surface area contributed by atoms with Gasteiger partial charge < -0.3 is 10.4 Å². The molecular formula is C15H21BClNOS. The molecule has 1 aromatic rings. The van der Waals surface area contributed by atoms with Crippen LogP contribution in [0.15, 0.2) is 18.2 Å². The Balaban J connectivity index is 2.22. The molecule has 20 heavy (non-hydrogen) atoms. The molecular weight excluding hydrogens is 289 g/mol. The quantitative estimate of drug-likeness (QED) is 0.662. The van der Waals surface area contributed by atoms with Crippen LogP contribution in [0.1, 0.15) is 38.8 Å². The predicted molar refractivity (Wildman–Crippen MR) is 92.3 cm³/mol. The summed E-state index contributed by atoms with van der Waals surface area (Å²) in [6.07, 6.45) is 2.83. The van der Waals surface area contributed by atoms with E-state index >= 15 is 0 Å². The zero-order valence-electron chi connectivity index (χ0n) is 12.5. The molecule has 0 heterocycles. The van der Waals surface area contributed by atoms with E-state index in [1.807, 2.05) is 18.2 Å². The van der Waals surface area contributed by atoms with Gasteiger partial charge in [-0.2, -0.15) is 12.6 Å². The number of rotatable bonds is 4. The standard InChI is InChI=1S/C15H21BClNOS/c1-14(2,15(3,4)20)19-16-10-6-7-11(17)13-9(10)5-8-12(13)18/h6-8,16,20H,5,18H2,1-4H3. The van der Waals surface area contributed by atoms with E-state index in [4.69, 9.17) is 22.0 Å². The van der Waals surface area contributed by atoms with Gasteiger partial charge in [-0.3, -0.25) is 0 Å². The molecule has 0 aromatic heterocycles. The monoisotopic (exact) mass is 309 g/mol. The van der Waals surface area contributed by atoms with Crippen LogP contribution in [0.5, 0.6) is 0 Å². The molecule has 5 heteroatoms. The lowest BCUT2D eigenvalue weighted by molar-refractivity contribution is 0.0854. The number of allylic oxidation sites excluding steroid dienone is 1. The van der Waals surface area contributed by atoms with Crippen molar-refractivity contribution < 1.29 is 4.65 Å². The molecule has 0 unspecified atom stereocenters. The number of thiol groups is 1. The molecule has 2 rings (SSSR count). The van der Waals surface area contributed by atoms with Crippen LogP contribution in [-0.2, 0) is 11.1 Å². The average molecular weight is 310 g/mol. The molecule has 1 aliphatic carbocycles. The van der Waals surface area contributed by atoms with Crippen molar-refractivity contribution in [2.45, 2.75) is 44.5 Å². The molecule has 0 radical (unpaired) electrons. The largest absolute Gasteiger partial charge is 0.428 e. The Morgan fingerprint density at radius 2 is 1.95 bits per heavy atom. The summed E-state index contributed by atoms with van der Waals surface area (Å²) in [4.78, 5) is 0. The maximum absolute atomic E-state index is 6.23. The normalized spacial score (nSPS) is 15.0. The summed E-state index contributed by atoms with van der Waals surface area (Å²) in [7, 11) is 0.539. The second-order valence-electron chi connectivity index (χ2n) is 6.28. The van der Waals surface area contributed by atoms with E-state index in [1.165, 1.54) is 5.56 Å². The van der Waals surface area contributed by atoms with Gasteiger partial charge in [0.1, 0.15) is 0 Å². The van der Waals surface area contributed by atoms with E-state index in [1.54, 1.807) is 0 Å². The maximum Gasteiger partial charge on any atom is 0.309 e. The van der Waals surface area contributed by atoms with Crippen molar-refractivity contribution in [3.8, 4) is 0 Å². The first-order chi connectivity index (χ1) is 9.13. The lowest BCUT2D eigenvalue weighted by Crippen LogP contribution is -2.46. The van der Waals surface area contributed by atoms with Gasteiger partial charge in [0.25, 0.3) is 0 Å². The SMILES string of the molecule is CC(C)(S)C(C)(C)OBc1ccc(Cl)c2c1CC=C2N. The van der Waals surface area contributed by atoms with E-state index in [9.17, 15) is 0 Å². The van der Waals surface area contributed by atoms with Crippen molar-refractivity contribution >= 4 is 42.9 Å².